The summed E-state index contributed by atoms with van der Waals surface area (Å²) < 4.78 is 8.69. The highest BCUT2D eigenvalue weighted by Gasteiger charge is 2.23. The highest BCUT2D eigenvalue weighted by atomic mass is 32.1. The molecule has 4 heterocycles. The van der Waals surface area contributed by atoms with Crippen molar-refractivity contribution in [1.29, 1.82) is 0 Å². The third-order valence-electron chi connectivity index (χ3n) is 5.93. The molecule has 1 aliphatic heterocycles. The van der Waals surface area contributed by atoms with Crippen LogP contribution in [0.5, 0.6) is 0 Å². The number of rotatable bonds is 6. The molecule has 33 heavy (non-hydrogen) atoms. The van der Waals surface area contributed by atoms with Crippen LogP contribution in [0.1, 0.15) is 24.0 Å². The highest BCUT2D eigenvalue weighted by Crippen LogP contribution is 2.29. The number of nitrogens with zero attached hydrogens (tertiary/aromatic N) is 3. The Labute approximate surface area is 193 Å². The smallest absolute Gasteiger partial charge is 0.332 e. The van der Waals surface area contributed by atoms with Crippen molar-refractivity contribution in [3.05, 3.63) is 74.6 Å². The lowest BCUT2D eigenvalue weighted by atomic mass is 10.1. The molecular formula is C24H24N4O4S. The van der Waals surface area contributed by atoms with Gasteiger partial charge in [-0.15, -0.1) is 11.3 Å². The molecule has 0 bridgehead atoms. The van der Waals surface area contributed by atoms with Gasteiger partial charge in [-0.1, -0.05) is 29.8 Å². The van der Waals surface area contributed by atoms with Crippen LogP contribution in [0.2, 0.25) is 0 Å². The van der Waals surface area contributed by atoms with Crippen molar-refractivity contribution in [3.8, 4) is 0 Å². The lowest BCUT2D eigenvalue weighted by molar-refractivity contribution is -0.121. The average molecular weight is 465 g/mol. The summed E-state index contributed by atoms with van der Waals surface area (Å²) in [5.41, 5.74) is 1.72. The van der Waals surface area contributed by atoms with Crippen LogP contribution in [0, 0.1) is 6.92 Å². The predicted octanol–water partition coefficient (Wildman–Crippen LogP) is 2.58. The lowest BCUT2D eigenvalue weighted by Gasteiger charge is -2.15. The number of nitrogens with one attached hydrogen (secondary N) is 1. The molecule has 1 aromatic carbocycles. The molecule has 1 atom stereocenters. The highest BCUT2D eigenvalue weighted by molar-refractivity contribution is 7.25. The minimum atomic E-state index is -0.503. The Morgan fingerprint density at radius 2 is 2.03 bits per heavy atom. The zero-order valence-corrected chi connectivity index (χ0v) is 19.1. The number of carbonyl (C=O) groups is 1. The minimum Gasteiger partial charge on any atom is -0.376 e. The van der Waals surface area contributed by atoms with Gasteiger partial charge in [0.2, 0.25) is 5.91 Å². The fourth-order valence-corrected chi connectivity index (χ4v) is 5.29. The van der Waals surface area contributed by atoms with Gasteiger partial charge in [0.25, 0.3) is 5.56 Å². The zero-order valence-electron chi connectivity index (χ0n) is 18.2. The molecule has 3 aromatic heterocycles. The summed E-state index contributed by atoms with van der Waals surface area (Å²) in [6, 6.07) is 11.5. The fourth-order valence-electron chi connectivity index (χ4n) is 4.19. The molecule has 1 saturated heterocycles. The monoisotopic (exact) mass is 464 g/mol. The number of pyridine rings is 1. The quantitative estimate of drug-likeness (QED) is 0.473. The summed E-state index contributed by atoms with van der Waals surface area (Å²) in [5.74, 6) is -0.301. The first-order valence-corrected chi connectivity index (χ1v) is 11.8. The molecule has 9 heteroatoms. The number of amides is 1. The molecule has 170 valence electrons. The number of carbonyl (C=O) groups excluding carboxylic acids is 1. The summed E-state index contributed by atoms with van der Waals surface area (Å²) >= 11 is 1.25. The first kappa shape index (κ1) is 21.5. The summed E-state index contributed by atoms with van der Waals surface area (Å²) in [6.45, 7) is 2.99. The lowest BCUT2D eigenvalue weighted by Crippen LogP contribution is -2.44. The maximum Gasteiger partial charge on any atom is 0.332 e. The van der Waals surface area contributed by atoms with Crippen molar-refractivity contribution in [1.82, 2.24) is 19.4 Å². The molecule has 0 aliphatic carbocycles. The Bertz CT molecular complexity index is 1450. The Kier molecular flexibility index (Phi) is 5.82. The van der Waals surface area contributed by atoms with Crippen molar-refractivity contribution >= 4 is 37.7 Å². The first-order valence-electron chi connectivity index (χ1n) is 11.0. The number of aryl methyl sites for hydroxylation is 1. The molecule has 1 N–H and O–H groups in total. The summed E-state index contributed by atoms with van der Waals surface area (Å²) in [7, 11) is 0. The molecule has 0 spiro atoms. The van der Waals surface area contributed by atoms with E-state index in [-0.39, 0.29) is 30.7 Å². The Morgan fingerprint density at radius 3 is 2.79 bits per heavy atom. The number of hydrogen-bond donors (Lipinski definition) is 1. The Morgan fingerprint density at radius 1 is 1.21 bits per heavy atom. The van der Waals surface area contributed by atoms with Gasteiger partial charge < -0.3 is 10.1 Å². The predicted molar refractivity (Wildman–Crippen MR) is 128 cm³/mol. The van der Waals surface area contributed by atoms with Crippen LogP contribution in [0.25, 0.3) is 20.4 Å². The van der Waals surface area contributed by atoms with Crippen molar-refractivity contribution in [2.75, 3.05) is 6.61 Å². The Balaban J connectivity index is 1.53. The van der Waals surface area contributed by atoms with Crippen molar-refractivity contribution in [3.63, 3.8) is 0 Å². The normalized spacial score (nSPS) is 16.0. The van der Waals surface area contributed by atoms with Crippen LogP contribution in [-0.4, -0.2) is 32.7 Å². The largest absolute Gasteiger partial charge is 0.376 e. The van der Waals surface area contributed by atoms with E-state index < -0.39 is 5.69 Å². The van der Waals surface area contributed by atoms with E-state index >= 15 is 0 Å². The molecular weight excluding hydrogens is 440 g/mol. The molecule has 4 aromatic rings. The van der Waals surface area contributed by atoms with E-state index in [1.165, 1.54) is 20.5 Å². The van der Waals surface area contributed by atoms with Gasteiger partial charge in [0.1, 0.15) is 16.1 Å². The fraction of sp³-hybridized carbons (Fsp3) is 0.333. The number of thiophene rings is 1. The summed E-state index contributed by atoms with van der Waals surface area (Å²) in [4.78, 5) is 44.6. The van der Waals surface area contributed by atoms with E-state index in [0.29, 0.717) is 33.6 Å². The number of hydrogen-bond acceptors (Lipinski definition) is 6. The first-order chi connectivity index (χ1) is 16.0. The van der Waals surface area contributed by atoms with Crippen LogP contribution < -0.4 is 16.6 Å². The molecule has 0 saturated carbocycles. The molecule has 5 rings (SSSR count). The summed E-state index contributed by atoms with van der Waals surface area (Å²) in [5, 5.41) is 3.58. The van der Waals surface area contributed by atoms with Crippen molar-refractivity contribution in [2.45, 2.75) is 45.5 Å². The molecule has 0 radical (unpaired) electrons. The maximum absolute atomic E-state index is 13.5. The molecule has 1 aliphatic rings. The van der Waals surface area contributed by atoms with Crippen LogP contribution in [-0.2, 0) is 29.2 Å². The van der Waals surface area contributed by atoms with Gasteiger partial charge in [0.15, 0.2) is 0 Å². The number of aromatic nitrogens is 3. The number of ether oxygens (including phenoxy) is 1. The van der Waals surface area contributed by atoms with Gasteiger partial charge in [-0.25, -0.2) is 9.78 Å². The molecule has 1 fully saturated rings. The van der Waals surface area contributed by atoms with Crippen LogP contribution in [0.4, 0.5) is 0 Å². The van der Waals surface area contributed by atoms with Gasteiger partial charge in [-0.05, 0) is 37.5 Å². The van der Waals surface area contributed by atoms with Gasteiger partial charge in [0.05, 0.1) is 18.2 Å². The van der Waals surface area contributed by atoms with Gasteiger partial charge >= 0.3 is 5.69 Å². The second-order valence-corrected chi connectivity index (χ2v) is 9.32. The van der Waals surface area contributed by atoms with Crippen molar-refractivity contribution < 1.29 is 9.53 Å². The van der Waals surface area contributed by atoms with E-state index in [1.807, 2.05) is 37.3 Å². The minimum absolute atomic E-state index is 0.177. The molecule has 8 nitrogen and oxygen atoms in total. The van der Waals surface area contributed by atoms with Crippen LogP contribution in [0.3, 0.4) is 0 Å². The number of fused-ring (bicyclic) bond motifs is 3. The topological polar surface area (TPSA) is 95.2 Å². The Hall–Kier alpha value is -3.30. The van der Waals surface area contributed by atoms with Gasteiger partial charge in [0, 0.05) is 24.7 Å². The van der Waals surface area contributed by atoms with Crippen LogP contribution >= 0.6 is 11.3 Å². The second kappa shape index (κ2) is 8.92. The SMILES string of the molecule is Cc1ccc(CNC(=O)Cn2c(=O)n(C[C@@H]3CCCO3)c(=O)c3sc4ncccc4c32)cc1. The third-order valence-corrected chi connectivity index (χ3v) is 7.02. The van der Waals surface area contributed by atoms with E-state index in [2.05, 4.69) is 10.3 Å². The third kappa shape index (κ3) is 4.21. The zero-order chi connectivity index (χ0) is 22.9. The van der Waals surface area contributed by atoms with Crippen LogP contribution in [0.15, 0.2) is 52.2 Å². The molecule has 1 amide bonds. The summed E-state index contributed by atoms with van der Waals surface area (Å²) in [6.07, 6.45) is 3.18. The van der Waals surface area contributed by atoms with E-state index in [0.717, 1.165) is 24.0 Å². The number of benzene rings is 1. The van der Waals surface area contributed by atoms with E-state index in [4.69, 9.17) is 4.74 Å². The maximum atomic E-state index is 13.5. The second-order valence-electron chi connectivity index (χ2n) is 8.32. The van der Waals surface area contributed by atoms with Gasteiger partial charge in [-0.3, -0.25) is 18.7 Å². The standard InChI is InChI=1S/C24H24N4O4S/c1-15-6-8-16(9-7-15)12-26-19(29)14-27-20-18-5-2-10-25-22(18)33-21(20)23(30)28(24(27)31)13-17-4-3-11-32-17/h2,5-10,17H,3-4,11-14H2,1H3,(H,26,29)/t17-/m0/s1. The van der Waals surface area contributed by atoms with Crippen molar-refractivity contribution in [2.24, 2.45) is 0 Å². The van der Waals surface area contributed by atoms with E-state index in [9.17, 15) is 14.4 Å². The molecule has 0 unspecified atom stereocenters. The average Bonchev–Trinajstić information content (AvgIpc) is 3.47. The van der Waals surface area contributed by atoms with E-state index in [1.54, 1.807) is 12.3 Å². The van der Waals surface area contributed by atoms with Gasteiger partial charge in [-0.2, -0.15) is 0 Å².